The predicted molar refractivity (Wildman–Crippen MR) is 71.3 cm³/mol. The molecule has 1 saturated carbocycles. The van der Waals surface area contributed by atoms with E-state index >= 15 is 0 Å². The Balaban J connectivity index is 1.88. The van der Waals surface area contributed by atoms with Gasteiger partial charge in [0.2, 0.25) is 0 Å². The minimum atomic E-state index is 0.469. The Bertz CT molecular complexity index is 226. The number of ether oxygens (including phenoxy) is 1. The van der Waals surface area contributed by atoms with Crippen LogP contribution in [0.25, 0.3) is 0 Å². The lowest BCUT2D eigenvalue weighted by atomic mass is 9.85. The smallest absolute Gasteiger partial charge is 0.0698 e. The van der Waals surface area contributed by atoms with Crippen molar-refractivity contribution < 1.29 is 4.74 Å². The summed E-state index contributed by atoms with van der Waals surface area (Å²) in [5.41, 5.74) is 0.546. The Labute approximate surface area is 106 Å². The van der Waals surface area contributed by atoms with E-state index in [-0.39, 0.29) is 0 Å². The summed E-state index contributed by atoms with van der Waals surface area (Å²) in [6, 6.07) is 0. The molecule has 0 amide bonds. The van der Waals surface area contributed by atoms with E-state index in [0.717, 1.165) is 6.54 Å². The van der Waals surface area contributed by atoms with Crippen molar-refractivity contribution in [2.45, 2.75) is 44.6 Å². The molecule has 1 aliphatic carbocycles. The Morgan fingerprint density at radius 2 is 2.06 bits per heavy atom. The van der Waals surface area contributed by atoms with E-state index in [9.17, 15) is 0 Å². The monoisotopic (exact) mass is 240 g/mol. The summed E-state index contributed by atoms with van der Waals surface area (Å²) in [4.78, 5) is 2.64. The van der Waals surface area contributed by atoms with Crippen molar-refractivity contribution in [2.24, 2.45) is 5.41 Å². The molecule has 0 aromatic heterocycles. The summed E-state index contributed by atoms with van der Waals surface area (Å²) in [5, 5.41) is 3.41. The quantitative estimate of drug-likeness (QED) is 0.794. The maximum Gasteiger partial charge on any atom is 0.0698 e. The molecule has 100 valence electrons. The molecule has 1 saturated heterocycles. The molecule has 1 N–H and O–H groups in total. The fourth-order valence-corrected chi connectivity index (χ4v) is 3.71. The van der Waals surface area contributed by atoms with Crippen LogP contribution in [0.5, 0.6) is 0 Å². The van der Waals surface area contributed by atoms with Gasteiger partial charge in [0, 0.05) is 26.7 Å². The summed E-state index contributed by atoms with van der Waals surface area (Å²) in [7, 11) is 3.95. The Morgan fingerprint density at radius 3 is 2.71 bits per heavy atom. The largest absolute Gasteiger partial charge is 0.380 e. The minimum absolute atomic E-state index is 0.469. The van der Waals surface area contributed by atoms with Crippen LogP contribution in [-0.2, 0) is 4.74 Å². The molecule has 1 unspecified atom stereocenters. The van der Waals surface area contributed by atoms with Gasteiger partial charge < -0.3 is 15.0 Å². The zero-order valence-electron chi connectivity index (χ0n) is 11.5. The standard InChI is InChI=1S/C14H28N2O/c1-15-11-14(7-3-4-8-14)12-16-9-5-6-13(10-16)17-2/h13,15H,3-12H2,1-2H3. The maximum atomic E-state index is 5.52. The zero-order valence-corrected chi connectivity index (χ0v) is 11.5. The number of methoxy groups -OCH3 is 1. The summed E-state index contributed by atoms with van der Waals surface area (Å²) in [5.74, 6) is 0. The second kappa shape index (κ2) is 6.17. The second-order valence-corrected chi connectivity index (χ2v) is 5.97. The van der Waals surface area contributed by atoms with Crippen molar-refractivity contribution in [3.8, 4) is 0 Å². The number of hydrogen-bond acceptors (Lipinski definition) is 3. The molecular weight excluding hydrogens is 212 g/mol. The lowest BCUT2D eigenvalue weighted by Gasteiger charge is -2.39. The molecule has 3 heteroatoms. The molecule has 3 nitrogen and oxygen atoms in total. The van der Waals surface area contributed by atoms with E-state index in [0.29, 0.717) is 11.5 Å². The molecule has 0 bridgehead atoms. The lowest BCUT2D eigenvalue weighted by Crippen LogP contribution is -2.47. The van der Waals surface area contributed by atoms with Crippen molar-refractivity contribution in [3.63, 3.8) is 0 Å². The maximum absolute atomic E-state index is 5.52. The van der Waals surface area contributed by atoms with Gasteiger partial charge in [-0.3, -0.25) is 0 Å². The molecule has 0 radical (unpaired) electrons. The molecule has 2 fully saturated rings. The highest BCUT2D eigenvalue weighted by Crippen LogP contribution is 2.38. The van der Waals surface area contributed by atoms with Gasteiger partial charge in [-0.2, -0.15) is 0 Å². The Hall–Kier alpha value is -0.120. The highest BCUT2D eigenvalue weighted by atomic mass is 16.5. The van der Waals surface area contributed by atoms with Gasteiger partial charge in [-0.05, 0) is 44.7 Å². The van der Waals surface area contributed by atoms with Gasteiger partial charge in [-0.15, -0.1) is 0 Å². The first-order valence-electron chi connectivity index (χ1n) is 7.18. The number of rotatable bonds is 5. The van der Waals surface area contributed by atoms with E-state index in [1.807, 2.05) is 7.11 Å². The predicted octanol–water partition coefficient (Wildman–Crippen LogP) is 1.88. The Morgan fingerprint density at radius 1 is 1.29 bits per heavy atom. The first-order chi connectivity index (χ1) is 8.28. The third kappa shape index (κ3) is 3.43. The molecule has 0 spiro atoms. The van der Waals surface area contributed by atoms with Crippen molar-refractivity contribution in [3.05, 3.63) is 0 Å². The summed E-state index contributed by atoms with van der Waals surface area (Å²) < 4.78 is 5.52. The van der Waals surface area contributed by atoms with E-state index in [1.165, 1.54) is 58.2 Å². The molecule has 2 aliphatic rings. The van der Waals surface area contributed by atoms with Gasteiger partial charge >= 0.3 is 0 Å². The van der Waals surface area contributed by atoms with Crippen LogP contribution in [0.3, 0.4) is 0 Å². The summed E-state index contributed by atoms with van der Waals surface area (Å²) in [6.45, 7) is 4.86. The van der Waals surface area contributed by atoms with E-state index < -0.39 is 0 Å². The van der Waals surface area contributed by atoms with Crippen LogP contribution in [0.2, 0.25) is 0 Å². The van der Waals surface area contributed by atoms with Gasteiger partial charge in [0.25, 0.3) is 0 Å². The number of nitrogens with zero attached hydrogens (tertiary/aromatic N) is 1. The number of hydrogen-bond donors (Lipinski definition) is 1. The van der Waals surface area contributed by atoms with Crippen LogP contribution in [0.4, 0.5) is 0 Å². The highest BCUT2D eigenvalue weighted by Gasteiger charge is 2.36. The molecule has 2 rings (SSSR count). The third-order valence-corrected chi connectivity index (χ3v) is 4.57. The lowest BCUT2D eigenvalue weighted by molar-refractivity contribution is 0.0147. The van der Waals surface area contributed by atoms with E-state index in [4.69, 9.17) is 4.74 Å². The zero-order chi connectivity index (χ0) is 12.1. The molecule has 17 heavy (non-hydrogen) atoms. The van der Waals surface area contributed by atoms with Crippen molar-refractivity contribution in [2.75, 3.05) is 40.3 Å². The second-order valence-electron chi connectivity index (χ2n) is 5.97. The van der Waals surface area contributed by atoms with Gasteiger partial charge in [0.1, 0.15) is 0 Å². The van der Waals surface area contributed by atoms with Crippen LogP contribution in [0, 0.1) is 5.41 Å². The molecule has 0 aromatic rings. The van der Waals surface area contributed by atoms with Gasteiger partial charge in [-0.1, -0.05) is 12.8 Å². The highest BCUT2D eigenvalue weighted by molar-refractivity contribution is 4.90. The average Bonchev–Trinajstić information content (AvgIpc) is 2.78. The van der Waals surface area contributed by atoms with Crippen LogP contribution >= 0.6 is 0 Å². The van der Waals surface area contributed by atoms with Gasteiger partial charge in [0.15, 0.2) is 0 Å². The van der Waals surface area contributed by atoms with Crippen molar-refractivity contribution in [1.82, 2.24) is 10.2 Å². The average molecular weight is 240 g/mol. The molecule has 1 aliphatic heterocycles. The molecule has 0 aromatic carbocycles. The van der Waals surface area contributed by atoms with Crippen molar-refractivity contribution in [1.29, 1.82) is 0 Å². The summed E-state index contributed by atoms with van der Waals surface area (Å²) in [6.07, 6.45) is 8.66. The first-order valence-corrected chi connectivity index (χ1v) is 7.18. The molecule has 1 atom stereocenters. The van der Waals surface area contributed by atoms with E-state index in [2.05, 4.69) is 17.3 Å². The van der Waals surface area contributed by atoms with E-state index in [1.54, 1.807) is 0 Å². The summed E-state index contributed by atoms with van der Waals surface area (Å²) >= 11 is 0. The fraction of sp³-hybridized carbons (Fsp3) is 1.00. The van der Waals surface area contributed by atoms with Crippen LogP contribution in [0.15, 0.2) is 0 Å². The topological polar surface area (TPSA) is 24.5 Å². The third-order valence-electron chi connectivity index (χ3n) is 4.57. The fourth-order valence-electron chi connectivity index (χ4n) is 3.71. The SMILES string of the molecule is CNCC1(CN2CCCC(OC)C2)CCCC1. The number of nitrogens with one attached hydrogen (secondary N) is 1. The van der Waals surface area contributed by atoms with Crippen LogP contribution < -0.4 is 5.32 Å². The number of likely N-dealkylation sites (tertiary alicyclic amines) is 1. The number of piperidine rings is 1. The minimum Gasteiger partial charge on any atom is -0.380 e. The molecular formula is C14H28N2O. The van der Waals surface area contributed by atoms with Crippen LogP contribution in [0.1, 0.15) is 38.5 Å². The van der Waals surface area contributed by atoms with Crippen LogP contribution in [-0.4, -0.2) is 51.3 Å². The first kappa shape index (κ1) is 13.3. The normalized spacial score (nSPS) is 29.6. The molecule has 1 heterocycles. The van der Waals surface area contributed by atoms with Crippen molar-refractivity contribution >= 4 is 0 Å². The van der Waals surface area contributed by atoms with Gasteiger partial charge in [-0.25, -0.2) is 0 Å². The Kier molecular flexibility index (Phi) is 4.83. The van der Waals surface area contributed by atoms with Gasteiger partial charge in [0.05, 0.1) is 6.10 Å².